The summed E-state index contributed by atoms with van der Waals surface area (Å²) in [5.41, 5.74) is 0.771. The summed E-state index contributed by atoms with van der Waals surface area (Å²) in [6, 6.07) is 4.39. The van der Waals surface area contributed by atoms with Gasteiger partial charge in [-0.2, -0.15) is 5.26 Å². The number of hydrogen-bond acceptors (Lipinski definition) is 6. The van der Waals surface area contributed by atoms with Crippen LogP contribution in [0, 0.1) is 17.1 Å². The molecule has 2 heterocycles. The fourth-order valence-corrected chi connectivity index (χ4v) is 5.14. The molecular weight excluding hydrogens is 401 g/mol. The Labute approximate surface area is 181 Å². The number of likely N-dealkylation sites (tertiary alicyclic amines) is 1. The number of methoxy groups -OCH3 is 1. The number of hydrogen-bond donors (Lipinski definition) is 0. The van der Waals surface area contributed by atoms with Gasteiger partial charge < -0.3 is 13.9 Å². The maximum absolute atomic E-state index is 13.9. The lowest BCUT2D eigenvalue weighted by atomic mass is 9.79. The molecule has 0 bridgehead atoms. The first kappa shape index (κ1) is 22.0. The van der Waals surface area contributed by atoms with Crippen molar-refractivity contribution in [1.82, 2.24) is 9.47 Å². The number of nitrogens with zero attached hydrogens (tertiary/aromatic N) is 3. The summed E-state index contributed by atoms with van der Waals surface area (Å²) in [4.78, 5) is 15.0. The Hall–Kier alpha value is -2.21. The van der Waals surface area contributed by atoms with Crippen LogP contribution in [-0.2, 0) is 9.47 Å². The Kier molecular flexibility index (Phi) is 6.47. The zero-order chi connectivity index (χ0) is 22.0. The average molecular weight is 432 g/mol. The molecule has 2 fully saturated rings. The minimum atomic E-state index is -0.666. The van der Waals surface area contributed by atoms with E-state index in [1.54, 1.807) is 11.7 Å². The van der Waals surface area contributed by atoms with Crippen molar-refractivity contribution < 1.29 is 18.3 Å². The highest BCUT2D eigenvalue weighted by atomic mass is 19.1. The molecule has 2 aromatic rings. The summed E-state index contributed by atoms with van der Waals surface area (Å²) in [7, 11) is 1.69. The smallest absolute Gasteiger partial charge is 0.408 e. The van der Waals surface area contributed by atoms with Crippen LogP contribution in [0.1, 0.15) is 57.1 Å². The fraction of sp³-hybridized carbons (Fsp3) is 0.652. The van der Waals surface area contributed by atoms with Gasteiger partial charge in [0.1, 0.15) is 11.9 Å². The lowest BCUT2D eigenvalue weighted by Crippen LogP contribution is -2.53. The van der Waals surface area contributed by atoms with Crippen LogP contribution < -0.4 is 5.76 Å². The predicted octanol–water partition coefficient (Wildman–Crippen LogP) is 3.61. The molecule has 1 saturated heterocycles. The van der Waals surface area contributed by atoms with E-state index >= 15 is 0 Å². The van der Waals surface area contributed by atoms with Gasteiger partial charge in [0.15, 0.2) is 5.58 Å². The molecule has 1 saturated carbocycles. The molecule has 1 aromatic carbocycles. The van der Waals surface area contributed by atoms with Gasteiger partial charge in [-0.3, -0.25) is 9.47 Å². The Morgan fingerprint density at radius 2 is 1.94 bits per heavy atom. The number of oxazole rings is 1. The van der Waals surface area contributed by atoms with E-state index in [2.05, 4.69) is 11.8 Å². The van der Waals surface area contributed by atoms with Crippen LogP contribution in [0.15, 0.2) is 21.3 Å². The number of nitriles is 1. The van der Waals surface area contributed by atoms with Crippen LogP contribution in [0.2, 0.25) is 0 Å². The predicted molar refractivity (Wildman–Crippen MR) is 113 cm³/mol. The molecule has 7 nitrogen and oxygen atoms in total. The van der Waals surface area contributed by atoms with E-state index in [0.717, 1.165) is 57.7 Å². The third-order valence-corrected chi connectivity index (χ3v) is 7.07. The summed E-state index contributed by atoms with van der Waals surface area (Å²) in [6.45, 7) is 5.39. The summed E-state index contributed by atoms with van der Waals surface area (Å²) >= 11 is 0. The third kappa shape index (κ3) is 4.40. The van der Waals surface area contributed by atoms with Crippen LogP contribution in [0.25, 0.3) is 11.1 Å². The van der Waals surface area contributed by atoms with Crippen LogP contribution in [-0.4, -0.2) is 54.5 Å². The lowest BCUT2D eigenvalue weighted by Gasteiger charge is -2.48. The first-order valence-electron chi connectivity index (χ1n) is 11.1. The highest BCUT2D eigenvalue weighted by Crippen LogP contribution is 2.38. The Morgan fingerprint density at radius 3 is 2.58 bits per heavy atom. The van der Waals surface area contributed by atoms with Crippen LogP contribution >= 0.6 is 0 Å². The quantitative estimate of drug-likeness (QED) is 0.650. The van der Waals surface area contributed by atoms with Crippen molar-refractivity contribution in [1.29, 1.82) is 5.26 Å². The van der Waals surface area contributed by atoms with Gasteiger partial charge in [0.05, 0.1) is 30.4 Å². The molecule has 0 atom stereocenters. The average Bonchev–Trinajstić information content (AvgIpc) is 3.09. The van der Waals surface area contributed by atoms with Crippen molar-refractivity contribution in [3.63, 3.8) is 0 Å². The van der Waals surface area contributed by atoms with Gasteiger partial charge in [-0.1, -0.05) is 0 Å². The molecule has 1 aromatic heterocycles. The van der Waals surface area contributed by atoms with E-state index in [9.17, 15) is 9.18 Å². The number of benzene rings is 1. The van der Waals surface area contributed by atoms with Gasteiger partial charge in [-0.15, -0.1) is 0 Å². The summed E-state index contributed by atoms with van der Waals surface area (Å²) < 4.78 is 31.8. The molecule has 8 heteroatoms. The first-order valence-corrected chi connectivity index (χ1v) is 11.1. The van der Waals surface area contributed by atoms with E-state index < -0.39 is 11.6 Å². The highest BCUT2D eigenvalue weighted by molar-refractivity contribution is 5.75. The Bertz CT molecular complexity index is 1010. The third-order valence-electron chi connectivity index (χ3n) is 7.07. The number of ether oxygens (including phenoxy) is 2. The second kappa shape index (κ2) is 9.11. The van der Waals surface area contributed by atoms with Gasteiger partial charge >= 0.3 is 5.76 Å². The molecule has 2 aliphatic rings. The standard InChI is InChI=1S/C23H30FN3O4/c1-23(7-3-18(4-8-23)30-12-11-29-2)26-9-5-17(6-10-26)27-20-13-16(15-25)19(24)14-21(20)31-22(27)28/h13-14,17-18H,3-12H2,1-2H3. The van der Waals surface area contributed by atoms with Crippen molar-refractivity contribution >= 4 is 11.1 Å². The van der Waals surface area contributed by atoms with E-state index in [0.29, 0.717) is 24.8 Å². The SMILES string of the molecule is COCCOC1CCC(C)(N2CCC(n3c(=O)oc4cc(F)c(C#N)cc43)CC2)CC1. The van der Waals surface area contributed by atoms with Crippen LogP contribution in [0.5, 0.6) is 0 Å². The van der Waals surface area contributed by atoms with Crippen LogP contribution in [0.3, 0.4) is 0 Å². The lowest BCUT2D eigenvalue weighted by molar-refractivity contribution is -0.0419. The van der Waals surface area contributed by atoms with Crippen molar-refractivity contribution in [3.05, 3.63) is 34.1 Å². The molecule has 0 unspecified atom stereocenters. The van der Waals surface area contributed by atoms with Gasteiger partial charge in [-0.05, 0) is 51.5 Å². The molecule has 0 spiro atoms. The number of halogens is 1. The van der Waals surface area contributed by atoms with E-state index in [-0.39, 0.29) is 22.7 Å². The monoisotopic (exact) mass is 431 g/mol. The van der Waals surface area contributed by atoms with Crippen molar-refractivity contribution in [2.24, 2.45) is 0 Å². The molecule has 31 heavy (non-hydrogen) atoms. The number of aromatic nitrogens is 1. The van der Waals surface area contributed by atoms with E-state index in [1.165, 1.54) is 6.07 Å². The second-order valence-corrected chi connectivity index (χ2v) is 8.93. The van der Waals surface area contributed by atoms with E-state index in [1.807, 2.05) is 6.07 Å². The number of fused-ring (bicyclic) bond motifs is 1. The normalized spacial score (nSPS) is 25.7. The number of piperidine rings is 1. The van der Waals surface area contributed by atoms with Crippen molar-refractivity contribution in [2.45, 2.75) is 63.1 Å². The highest BCUT2D eigenvalue weighted by Gasteiger charge is 2.38. The maximum atomic E-state index is 13.9. The zero-order valence-electron chi connectivity index (χ0n) is 18.2. The summed E-state index contributed by atoms with van der Waals surface area (Å²) in [6.07, 6.45) is 6.23. The molecule has 1 aliphatic carbocycles. The van der Waals surface area contributed by atoms with Gasteiger partial charge in [0.25, 0.3) is 0 Å². The van der Waals surface area contributed by atoms with Crippen molar-refractivity contribution in [2.75, 3.05) is 33.4 Å². The first-order chi connectivity index (χ1) is 14.9. The van der Waals surface area contributed by atoms with Gasteiger partial charge in [0.2, 0.25) is 0 Å². The number of rotatable bonds is 6. The summed E-state index contributed by atoms with van der Waals surface area (Å²) in [5, 5.41) is 9.14. The molecule has 0 radical (unpaired) electrons. The molecular formula is C23H30FN3O4. The fourth-order valence-electron chi connectivity index (χ4n) is 5.14. The van der Waals surface area contributed by atoms with Crippen molar-refractivity contribution in [3.8, 4) is 6.07 Å². The molecule has 0 amide bonds. The zero-order valence-corrected chi connectivity index (χ0v) is 18.2. The van der Waals surface area contributed by atoms with Crippen LogP contribution in [0.4, 0.5) is 4.39 Å². The largest absolute Gasteiger partial charge is 0.420 e. The molecule has 4 rings (SSSR count). The Balaban J connectivity index is 1.41. The summed E-state index contributed by atoms with van der Waals surface area (Å²) in [5.74, 6) is -1.15. The molecule has 168 valence electrons. The topological polar surface area (TPSA) is 80.6 Å². The maximum Gasteiger partial charge on any atom is 0.420 e. The minimum Gasteiger partial charge on any atom is -0.408 e. The van der Waals surface area contributed by atoms with E-state index in [4.69, 9.17) is 19.2 Å². The van der Waals surface area contributed by atoms with Gasteiger partial charge in [0, 0.05) is 37.8 Å². The molecule has 0 N–H and O–H groups in total. The Morgan fingerprint density at radius 1 is 1.23 bits per heavy atom. The molecule has 1 aliphatic heterocycles. The second-order valence-electron chi connectivity index (χ2n) is 8.93. The van der Waals surface area contributed by atoms with Gasteiger partial charge in [-0.25, -0.2) is 9.18 Å². The minimum absolute atomic E-state index is 0.0145.